The maximum Gasteiger partial charge on any atom is 0.235 e. The highest BCUT2D eigenvalue weighted by molar-refractivity contribution is 9.09. The third-order valence-corrected chi connectivity index (χ3v) is 4.08. The van der Waals surface area contributed by atoms with Crippen LogP contribution in [0.15, 0.2) is 17.0 Å². The van der Waals surface area contributed by atoms with Gasteiger partial charge in [-0.3, -0.25) is 4.79 Å². The van der Waals surface area contributed by atoms with Crippen molar-refractivity contribution in [3.8, 4) is 5.40 Å². The molecule has 84 valence electrons. The van der Waals surface area contributed by atoms with Crippen LogP contribution in [-0.2, 0) is 4.79 Å². The van der Waals surface area contributed by atoms with Crippen LogP contribution in [0.25, 0.3) is 0 Å². The number of carbonyl (C=O) groups is 1. The Labute approximate surface area is 115 Å². The predicted molar refractivity (Wildman–Crippen MR) is 68.8 cm³/mol. The smallest absolute Gasteiger partial charge is 0.235 e. The van der Waals surface area contributed by atoms with Gasteiger partial charge in [0.1, 0.15) is 10.2 Å². The Kier molecular flexibility index (Phi) is 4.93. The van der Waals surface area contributed by atoms with Gasteiger partial charge in [0.2, 0.25) is 5.91 Å². The van der Waals surface area contributed by atoms with E-state index in [1.165, 1.54) is 12.1 Å². The first-order chi connectivity index (χ1) is 7.47. The maximum absolute atomic E-state index is 11.0. The van der Waals surface area contributed by atoms with Crippen LogP contribution >= 0.6 is 50.9 Å². The van der Waals surface area contributed by atoms with Crippen molar-refractivity contribution >= 4 is 56.8 Å². The normalized spacial score (nSPS) is 11.9. The number of hydrogen-bond donors (Lipinski definition) is 1. The summed E-state index contributed by atoms with van der Waals surface area (Å²) < 4.78 is 0. The topological polar surface area (TPSA) is 66.9 Å². The number of primary amides is 1. The Morgan fingerprint density at radius 2 is 2.12 bits per heavy atom. The molecule has 0 radical (unpaired) electrons. The second kappa shape index (κ2) is 5.78. The molecule has 0 spiro atoms. The van der Waals surface area contributed by atoms with Crippen LogP contribution in [0.3, 0.4) is 0 Å². The quantitative estimate of drug-likeness (QED) is 0.520. The number of nitriles is 1. The summed E-state index contributed by atoms with van der Waals surface area (Å²) in [6, 6.07) is 3.05. The number of thioether (sulfide) groups is 1. The van der Waals surface area contributed by atoms with Crippen LogP contribution in [0.5, 0.6) is 0 Å². The summed E-state index contributed by atoms with van der Waals surface area (Å²) in [5.74, 6) is -0.557. The highest BCUT2D eigenvalue weighted by atomic mass is 79.9. The van der Waals surface area contributed by atoms with Crippen molar-refractivity contribution in [1.82, 2.24) is 0 Å². The second-order valence-corrected chi connectivity index (χ2v) is 5.32. The van der Waals surface area contributed by atoms with E-state index in [4.69, 9.17) is 34.2 Å². The molecule has 1 aromatic rings. The van der Waals surface area contributed by atoms with Gasteiger partial charge < -0.3 is 5.73 Å². The lowest BCUT2D eigenvalue weighted by molar-refractivity contribution is -0.117. The van der Waals surface area contributed by atoms with Crippen molar-refractivity contribution in [3.05, 3.63) is 27.7 Å². The Hall–Kier alpha value is -0.410. The van der Waals surface area contributed by atoms with Gasteiger partial charge in [0.15, 0.2) is 0 Å². The molecule has 0 aliphatic heterocycles. The lowest BCUT2D eigenvalue weighted by atomic mass is 10.1. The first kappa shape index (κ1) is 13.7. The zero-order valence-corrected chi connectivity index (χ0v) is 11.6. The molecule has 16 heavy (non-hydrogen) atoms. The van der Waals surface area contributed by atoms with E-state index in [2.05, 4.69) is 15.9 Å². The van der Waals surface area contributed by atoms with Crippen molar-refractivity contribution in [3.63, 3.8) is 0 Å². The van der Waals surface area contributed by atoms with Gasteiger partial charge in [-0.15, -0.1) is 0 Å². The van der Waals surface area contributed by atoms with Gasteiger partial charge in [0.05, 0.1) is 5.02 Å². The van der Waals surface area contributed by atoms with E-state index in [9.17, 15) is 4.79 Å². The Balaban J connectivity index is 3.21. The van der Waals surface area contributed by atoms with Gasteiger partial charge in [-0.2, -0.15) is 5.26 Å². The molecular weight excluding hydrogens is 335 g/mol. The van der Waals surface area contributed by atoms with Crippen molar-refractivity contribution < 1.29 is 4.79 Å². The van der Waals surface area contributed by atoms with E-state index in [1.807, 2.05) is 5.40 Å². The number of amides is 1. The summed E-state index contributed by atoms with van der Waals surface area (Å²) in [4.78, 5) is 10.8. The van der Waals surface area contributed by atoms with Crippen LogP contribution in [0.4, 0.5) is 0 Å². The zero-order chi connectivity index (χ0) is 12.3. The lowest BCUT2D eigenvalue weighted by Gasteiger charge is -2.10. The van der Waals surface area contributed by atoms with Crippen LogP contribution in [0.1, 0.15) is 10.4 Å². The average Bonchev–Trinajstić information content (AvgIpc) is 2.22. The largest absolute Gasteiger partial charge is 0.368 e. The molecule has 2 N–H and O–H groups in total. The molecule has 1 aromatic carbocycles. The summed E-state index contributed by atoms with van der Waals surface area (Å²) in [6.07, 6.45) is 0. The molecular formula is C9H5BrCl2N2OS. The number of nitrogens with two attached hydrogens (primary N) is 1. The van der Waals surface area contributed by atoms with E-state index in [0.29, 0.717) is 20.5 Å². The van der Waals surface area contributed by atoms with Gasteiger partial charge in [-0.25, -0.2) is 0 Å². The summed E-state index contributed by atoms with van der Waals surface area (Å²) in [5, 5.41) is 11.1. The lowest BCUT2D eigenvalue weighted by Crippen LogP contribution is -2.17. The van der Waals surface area contributed by atoms with Crippen LogP contribution < -0.4 is 5.73 Å². The fraction of sp³-hybridized carbons (Fsp3) is 0.111. The highest BCUT2D eigenvalue weighted by Gasteiger charge is 2.19. The number of hydrogen-bond acceptors (Lipinski definition) is 3. The third-order valence-electron chi connectivity index (χ3n) is 1.73. The Morgan fingerprint density at radius 3 is 2.62 bits per heavy atom. The molecule has 0 heterocycles. The fourth-order valence-electron chi connectivity index (χ4n) is 1.02. The molecule has 0 aliphatic carbocycles. The number of alkyl halides is 1. The molecule has 0 bridgehead atoms. The monoisotopic (exact) mass is 338 g/mol. The van der Waals surface area contributed by atoms with E-state index in [1.54, 1.807) is 0 Å². The number of nitrogens with zero attached hydrogens (tertiary/aromatic N) is 1. The van der Waals surface area contributed by atoms with Crippen molar-refractivity contribution in [2.24, 2.45) is 5.73 Å². The van der Waals surface area contributed by atoms with Gasteiger partial charge in [0, 0.05) is 9.92 Å². The minimum atomic E-state index is -0.696. The molecule has 1 rings (SSSR count). The third kappa shape index (κ3) is 3.05. The maximum atomic E-state index is 11.0. The second-order valence-electron chi connectivity index (χ2n) is 2.76. The number of benzene rings is 1. The standard InChI is InChI=1S/C9H5BrCl2N2OS/c10-8(9(14)15)4-1-6(12)7(16-3-13)2-5(4)11/h1-2,8H,(H2,14,15). The predicted octanol–water partition coefficient (Wildman–Crippen LogP) is 3.49. The zero-order valence-electron chi connectivity index (χ0n) is 7.71. The van der Waals surface area contributed by atoms with E-state index >= 15 is 0 Å². The highest BCUT2D eigenvalue weighted by Crippen LogP contribution is 2.37. The van der Waals surface area contributed by atoms with Gasteiger partial charge in [-0.1, -0.05) is 39.1 Å². The first-order valence-corrected chi connectivity index (χ1v) is 6.44. The minimum absolute atomic E-state index is 0.336. The molecule has 1 atom stereocenters. The number of thiocyanates is 1. The molecule has 7 heteroatoms. The Bertz CT molecular complexity index is 475. The number of carbonyl (C=O) groups excluding carboxylic acids is 1. The summed E-state index contributed by atoms with van der Waals surface area (Å²) >= 11 is 15.9. The van der Waals surface area contributed by atoms with Crippen LogP contribution in [-0.4, -0.2) is 5.91 Å². The van der Waals surface area contributed by atoms with E-state index in [-0.39, 0.29) is 0 Å². The van der Waals surface area contributed by atoms with Crippen molar-refractivity contribution in [2.45, 2.75) is 9.72 Å². The molecule has 0 saturated heterocycles. The van der Waals surface area contributed by atoms with Crippen LogP contribution in [0.2, 0.25) is 10.0 Å². The van der Waals surface area contributed by atoms with E-state index in [0.717, 1.165) is 11.8 Å². The van der Waals surface area contributed by atoms with E-state index < -0.39 is 10.7 Å². The SMILES string of the molecule is N#CSc1cc(Cl)c(C(Br)C(N)=O)cc1Cl. The molecule has 0 saturated carbocycles. The summed E-state index contributed by atoms with van der Waals surface area (Å²) in [7, 11) is 0. The fourth-order valence-corrected chi connectivity index (χ4v) is 2.59. The van der Waals surface area contributed by atoms with Gasteiger partial charge in [0.25, 0.3) is 0 Å². The number of rotatable bonds is 3. The molecule has 0 aromatic heterocycles. The van der Waals surface area contributed by atoms with Crippen molar-refractivity contribution in [1.29, 1.82) is 5.26 Å². The Morgan fingerprint density at radius 1 is 1.50 bits per heavy atom. The molecule has 0 aliphatic rings. The minimum Gasteiger partial charge on any atom is -0.368 e. The van der Waals surface area contributed by atoms with Gasteiger partial charge in [-0.05, 0) is 29.5 Å². The number of halogens is 3. The van der Waals surface area contributed by atoms with Crippen molar-refractivity contribution in [2.75, 3.05) is 0 Å². The summed E-state index contributed by atoms with van der Waals surface area (Å²) in [6.45, 7) is 0. The average molecular weight is 340 g/mol. The molecule has 1 amide bonds. The van der Waals surface area contributed by atoms with Gasteiger partial charge >= 0.3 is 0 Å². The first-order valence-electron chi connectivity index (χ1n) is 3.95. The molecule has 0 fully saturated rings. The molecule has 1 unspecified atom stereocenters. The summed E-state index contributed by atoms with van der Waals surface area (Å²) in [5.41, 5.74) is 5.63. The van der Waals surface area contributed by atoms with Crippen LogP contribution in [0, 0.1) is 10.7 Å². The molecule has 3 nitrogen and oxygen atoms in total.